The number of sulfonamides is 1. The third kappa shape index (κ3) is 5.31. The molecule has 0 radical (unpaired) electrons. The summed E-state index contributed by atoms with van der Waals surface area (Å²) in [5.41, 5.74) is 2.85. The van der Waals surface area contributed by atoms with Crippen LogP contribution < -0.4 is 0 Å². The Morgan fingerprint density at radius 3 is 2.39 bits per heavy atom. The number of benzene rings is 2. The number of carbonyl (C=O) groups is 1. The Balaban J connectivity index is 1.57. The zero-order valence-electron chi connectivity index (χ0n) is 15.7. The van der Waals surface area contributed by atoms with Crippen molar-refractivity contribution >= 4 is 37.9 Å². The van der Waals surface area contributed by atoms with Crippen LogP contribution in [0.2, 0.25) is 0 Å². The van der Waals surface area contributed by atoms with Crippen molar-refractivity contribution in [3.8, 4) is 0 Å². The Morgan fingerprint density at radius 1 is 1.07 bits per heavy atom. The first kappa shape index (κ1) is 20.8. The van der Waals surface area contributed by atoms with Gasteiger partial charge in [0.25, 0.3) is 0 Å². The van der Waals surface area contributed by atoms with Crippen LogP contribution in [-0.4, -0.2) is 49.7 Å². The molecule has 2 aromatic rings. The average molecular weight is 463 g/mol. The van der Waals surface area contributed by atoms with Crippen LogP contribution in [0.5, 0.6) is 0 Å². The average Bonchev–Trinajstić information content (AvgIpc) is 2.67. The largest absolute Gasteiger partial charge is 0.337 e. The first-order chi connectivity index (χ1) is 13.3. The van der Waals surface area contributed by atoms with E-state index in [1.165, 1.54) is 4.31 Å². The summed E-state index contributed by atoms with van der Waals surface area (Å²) in [6, 6.07) is 15.1. The molecule has 1 fully saturated rings. The van der Waals surface area contributed by atoms with Crippen molar-refractivity contribution < 1.29 is 13.2 Å². The van der Waals surface area contributed by atoms with Gasteiger partial charge in [0, 0.05) is 36.7 Å². The van der Waals surface area contributed by atoms with Crippen LogP contribution in [0, 0.1) is 6.92 Å². The molecule has 0 saturated carbocycles. The fourth-order valence-electron chi connectivity index (χ4n) is 3.10. The maximum atomic E-state index is 12.6. The lowest BCUT2D eigenvalue weighted by molar-refractivity contribution is -0.127. The van der Waals surface area contributed by atoms with Crippen LogP contribution in [-0.2, 0) is 20.6 Å². The van der Waals surface area contributed by atoms with Gasteiger partial charge < -0.3 is 4.90 Å². The van der Waals surface area contributed by atoms with Gasteiger partial charge in [0.2, 0.25) is 15.9 Å². The molecular formula is C21H23BrN2O3S. The monoisotopic (exact) mass is 462 g/mol. The smallest absolute Gasteiger partial charge is 0.246 e. The van der Waals surface area contributed by atoms with Gasteiger partial charge in [-0.15, -0.1) is 0 Å². The lowest BCUT2D eigenvalue weighted by Crippen LogP contribution is -2.50. The van der Waals surface area contributed by atoms with Crippen molar-refractivity contribution in [3.63, 3.8) is 0 Å². The number of halogens is 1. The van der Waals surface area contributed by atoms with Gasteiger partial charge in [0.15, 0.2) is 0 Å². The molecule has 1 heterocycles. The highest BCUT2D eigenvalue weighted by atomic mass is 79.9. The van der Waals surface area contributed by atoms with Gasteiger partial charge in [-0.05, 0) is 35.8 Å². The third-order valence-corrected chi connectivity index (χ3v) is 7.23. The van der Waals surface area contributed by atoms with E-state index >= 15 is 0 Å². The molecule has 2 aromatic carbocycles. The molecule has 1 aliphatic rings. The number of hydrogen-bond acceptors (Lipinski definition) is 3. The second kappa shape index (κ2) is 9.03. The molecule has 0 bridgehead atoms. The lowest BCUT2D eigenvalue weighted by atomic mass is 10.1. The highest BCUT2D eigenvalue weighted by molar-refractivity contribution is 9.10. The Hall–Kier alpha value is -1.96. The Morgan fingerprint density at radius 2 is 1.75 bits per heavy atom. The normalized spacial score (nSPS) is 15.9. The fraction of sp³-hybridized carbons (Fsp3) is 0.286. The maximum absolute atomic E-state index is 12.6. The van der Waals surface area contributed by atoms with Crippen molar-refractivity contribution in [2.75, 3.05) is 26.2 Å². The summed E-state index contributed by atoms with van der Waals surface area (Å²) in [4.78, 5) is 14.1. The lowest BCUT2D eigenvalue weighted by Gasteiger charge is -2.33. The van der Waals surface area contributed by atoms with Crippen LogP contribution >= 0.6 is 15.9 Å². The predicted molar refractivity (Wildman–Crippen MR) is 115 cm³/mol. The Labute approximate surface area is 174 Å². The number of aryl methyl sites for hydroxylation is 1. The number of carbonyl (C=O) groups excluding carboxylic acids is 1. The summed E-state index contributed by atoms with van der Waals surface area (Å²) in [7, 11) is -3.38. The van der Waals surface area contributed by atoms with E-state index in [0.29, 0.717) is 26.2 Å². The summed E-state index contributed by atoms with van der Waals surface area (Å²) in [6.45, 7) is 3.44. The molecule has 0 atom stereocenters. The molecule has 3 rings (SSSR count). The summed E-state index contributed by atoms with van der Waals surface area (Å²) in [6.07, 6.45) is 3.33. The van der Waals surface area contributed by atoms with Gasteiger partial charge in [-0.2, -0.15) is 4.31 Å². The van der Waals surface area contributed by atoms with Gasteiger partial charge in [0.1, 0.15) is 0 Å². The van der Waals surface area contributed by atoms with Crippen LogP contribution in [0.4, 0.5) is 0 Å². The summed E-state index contributed by atoms with van der Waals surface area (Å²) in [5, 5.41) is 0. The van der Waals surface area contributed by atoms with Crippen molar-refractivity contribution in [1.82, 2.24) is 9.21 Å². The Bertz CT molecular complexity index is 966. The molecule has 0 unspecified atom stereocenters. The van der Waals surface area contributed by atoms with E-state index in [4.69, 9.17) is 0 Å². The molecule has 0 spiro atoms. The fourth-order valence-corrected chi connectivity index (χ4v) is 5.24. The minimum absolute atomic E-state index is 0.0108. The SMILES string of the molecule is Cc1ccc(/C=C/C(=O)N2CCN(S(=O)(=O)Cc3ccccc3)CC2)c(Br)c1. The second-order valence-corrected chi connectivity index (χ2v) is 9.65. The van der Waals surface area contributed by atoms with E-state index in [1.54, 1.807) is 17.1 Å². The molecule has 0 aliphatic carbocycles. The van der Waals surface area contributed by atoms with Crippen molar-refractivity contribution in [3.05, 3.63) is 75.8 Å². The van der Waals surface area contributed by atoms with Gasteiger partial charge >= 0.3 is 0 Å². The third-order valence-electron chi connectivity index (χ3n) is 4.70. The van der Waals surface area contributed by atoms with Gasteiger partial charge in [-0.25, -0.2) is 8.42 Å². The number of hydrogen-bond donors (Lipinski definition) is 0. The standard InChI is InChI=1S/C21H23BrN2O3S/c1-17-7-8-19(20(22)15-17)9-10-21(25)23-11-13-24(14-12-23)28(26,27)16-18-5-3-2-4-6-18/h2-10,15H,11-14,16H2,1H3/b10-9+. The zero-order valence-corrected chi connectivity index (χ0v) is 18.1. The van der Waals surface area contributed by atoms with Crippen molar-refractivity contribution in [2.24, 2.45) is 0 Å². The van der Waals surface area contributed by atoms with E-state index < -0.39 is 10.0 Å². The van der Waals surface area contributed by atoms with Gasteiger partial charge in [-0.1, -0.05) is 58.4 Å². The van der Waals surface area contributed by atoms with E-state index in [1.807, 2.05) is 55.5 Å². The first-order valence-electron chi connectivity index (χ1n) is 9.10. The van der Waals surface area contributed by atoms with Crippen LogP contribution in [0.3, 0.4) is 0 Å². The molecule has 0 N–H and O–H groups in total. The topological polar surface area (TPSA) is 57.7 Å². The molecular weight excluding hydrogens is 440 g/mol. The number of nitrogens with zero attached hydrogens (tertiary/aromatic N) is 2. The molecule has 7 heteroatoms. The molecule has 5 nitrogen and oxygen atoms in total. The minimum Gasteiger partial charge on any atom is -0.337 e. The van der Waals surface area contributed by atoms with Gasteiger partial charge in [0.05, 0.1) is 5.75 Å². The molecule has 1 aliphatic heterocycles. The molecule has 28 heavy (non-hydrogen) atoms. The highest BCUT2D eigenvalue weighted by Crippen LogP contribution is 2.20. The molecule has 148 valence electrons. The zero-order chi connectivity index (χ0) is 20.1. The van der Waals surface area contributed by atoms with E-state index in [2.05, 4.69) is 15.9 Å². The first-order valence-corrected chi connectivity index (χ1v) is 11.5. The highest BCUT2D eigenvalue weighted by Gasteiger charge is 2.28. The van der Waals surface area contributed by atoms with Crippen molar-refractivity contribution in [2.45, 2.75) is 12.7 Å². The molecule has 1 saturated heterocycles. The summed E-state index contributed by atoms with van der Waals surface area (Å²) < 4.78 is 27.6. The van der Waals surface area contributed by atoms with E-state index in [0.717, 1.165) is 21.2 Å². The van der Waals surface area contributed by atoms with Crippen LogP contribution in [0.1, 0.15) is 16.7 Å². The molecule has 1 amide bonds. The predicted octanol–water partition coefficient (Wildman–Crippen LogP) is 3.44. The number of piperazine rings is 1. The van der Waals surface area contributed by atoms with Crippen molar-refractivity contribution in [1.29, 1.82) is 0 Å². The maximum Gasteiger partial charge on any atom is 0.246 e. The van der Waals surface area contributed by atoms with Crippen LogP contribution in [0.15, 0.2) is 59.1 Å². The quantitative estimate of drug-likeness (QED) is 0.639. The van der Waals surface area contributed by atoms with Crippen LogP contribution in [0.25, 0.3) is 6.08 Å². The van der Waals surface area contributed by atoms with E-state index in [9.17, 15) is 13.2 Å². The number of amides is 1. The van der Waals surface area contributed by atoms with E-state index in [-0.39, 0.29) is 11.7 Å². The number of rotatable bonds is 5. The molecule has 0 aromatic heterocycles. The Kier molecular flexibility index (Phi) is 6.69. The minimum atomic E-state index is -3.38. The summed E-state index contributed by atoms with van der Waals surface area (Å²) in [5.74, 6) is -0.115. The van der Waals surface area contributed by atoms with Gasteiger partial charge in [-0.3, -0.25) is 4.79 Å². The summed E-state index contributed by atoms with van der Waals surface area (Å²) >= 11 is 3.50. The second-order valence-electron chi connectivity index (χ2n) is 6.82.